The van der Waals surface area contributed by atoms with Gasteiger partial charge in [0.05, 0.1) is 27.4 Å². The molecule has 3 aliphatic rings. The van der Waals surface area contributed by atoms with E-state index in [2.05, 4.69) is 21.2 Å². The zero-order valence-corrected chi connectivity index (χ0v) is 16.4. The average molecular weight is 463 g/mol. The lowest BCUT2D eigenvalue weighted by Gasteiger charge is -2.26. The van der Waals surface area contributed by atoms with Gasteiger partial charge in [-0.05, 0) is 30.5 Å². The molecule has 1 heterocycles. The molecule has 2 saturated carbocycles. The van der Waals surface area contributed by atoms with Gasteiger partial charge in [0.25, 0.3) is 5.91 Å². The van der Waals surface area contributed by atoms with Crippen molar-refractivity contribution in [2.45, 2.75) is 17.4 Å². The Bertz CT molecular complexity index is 803. The molecule has 2 aliphatic carbocycles. The number of alkyl halides is 1. The van der Waals surface area contributed by atoms with Crippen molar-refractivity contribution < 1.29 is 23.9 Å². The van der Waals surface area contributed by atoms with Crippen molar-refractivity contribution in [3.8, 4) is 0 Å². The Morgan fingerprint density at radius 1 is 1.31 bits per heavy atom. The predicted molar refractivity (Wildman–Crippen MR) is 97.2 cm³/mol. The number of benzene rings is 1. The number of hydrogen-bond donors (Lipinski definition) is 1. The standard InChI is InChI=1S/C17H14BrCl2NO5/c18-14-7-4-8-13(17(24)26-15(8)14)12(7)16(23)25-5-11(22)21-10-3-6(19)1-2-9(10)20/h1-3,7-8,12-15H,4-5H2,(H,21,22)/t7-,8-,12-,13+,14-,15+/m1/s1. The Labute approximate surface area is 167 Å². The number of rotatable bonds is 4. The van der Waals surface area contributed by atoms with Gasteiger partial charge in [-0.2, -0.15) is 0 Å². The summed E-state index contributed by atoms with van der Waals surface area (Å²) in [5.74, 6) is -2.42. The molecule has 2 bridgehead atoms. The minimum atomic E-state index is -0.571. The van der Waals surface area contributed by atoms with E-state index in [0.717, 1.165) is 6.42 Å². The summed E-state index contributed by atoms with van der Waals surface area (Å²) >= 11 is 15.4. The molecule has 3 fully saturated rings. The molecular formula is C17H14BrCl2NO5. The monoisotopic (exact) mass is 461 g/mol. The van der Waals surface area contributed by atoms with E-state index >= 15 is 0 Å². The minimum absolute atomic E-state index is 0.0145. The SMILES string of the molecule is O=C(COC(=O)[C@@H]1[C@H]2C[C@H]3[C@H](OC(=O)[C@@H]31)[C@@H]2Br)Nc1cc(Cl)ccc1Cl. The number of anilines is 1. The van der Waals surface area contributed by atoms with Crippen LogP contribution in [-0.2, 0) is 23.9 Å². The summed E-state index contributed by atoms with van der Waals surface area (Å²) in [6, 6.07) is 4.65. The van der Waals surface area contributed by atoms with Gasteiger partial charge >= 0.3 is 11.9 Å². The second-order valence-corrected chi connectivity index (χ2v) is 8.64. The smallest absolute Gasteiger partial charge is 0.310 e. The van der Waals surface area contributed by atoms with Gasteiger partial charge in [-0.3, -0.25) is 14.4 Å². The molecule has 6 nitrogen and oxygen atoms in total. The summed E-state index contributed by atoms with van der Waals surface area (Å²) < 4.78 is 10.5. The summed E-state index contributed by atoms with van der Waals surface area (Å²) in [5, 5.41) is 3.29. The van der Waals surface area contributed by atoms with Crippen molar-refractivity contribution >= 4 is 62.7 Å². The molecule has 0 spiro atoms. The maximum absolute atomic E-state index is 12.5. The molecule has 1 aliphatic heterocycles. The van der Waals surface area contributed by atoms with Crippen LogP contribution in [0.15, 0.2) is 18.2 Å². The van der Waals surface area contributed by atoms with Crippen LogP contribution in [0.25, 0.3) is 0 Å². The van der Waals surface area contributed by atoms with Crippen LogP contribution >= 0.6 is 39.1 Å². The van der Waals surface area contributed by atoms with Crippen molar-refractivity contribution in [2.24, 2.45) is 23.7 Å². The van der Waals surface area contributed by atoms with E-state index in [1.54, 1.807) is 12.1 Å². The second kappa shape index (κ2) is 6.69. The fourth-order valence-corrected chi connectivity index (χ4v) is 5.69. The van der Waals surface area contributed by atoms with Gasteiger partial charge in [0.2, 0.25) is 0 Å². The third-order valence-corrected chi connectivity index (χ3v) is 7.11. The first kappa shape index (κ1) is 18.1. The Kier molecular flexibility index (Phi) is 4.65. The van der Waals surface area contributed by atoms with E-state index in [4.69, 9.17) is 32.7 Å². The van der Waals surface area contributed by atoms with Crippen LogP contribution in [0.4, 0.5) is 5.69 Å². The number of carbonyl (C=O) groups excluding carboxylic acids is 3. The normalized spacial score (nSPS) is 33.9. The van der Waals surface area contributed by atoms with Crippen molar-refractivity contribution in [1.82, 2.24) is 0 Å². The zero-order valence-electron chi connectivity index (χ0n) is 13.3. The first-order valence-electron chi connectivity index (χ1n) is 8.13. The molecule has 1 saturated heterocycles. The van der Waals surface area contributed by atoms with Crippen LogP contribution in [-0.4, -0.2) is 35.4 Å². The van der Waals surface area contributed by atoms with Crippen molar-refractivity contribution in [3.63, 3.8) is 0 Å². The number of ether oxygens (including phenoxy) is 2. The second-order valence-electron chi connectivity index (χ2n) is 6.74. The van der Waals surface area contributed by atoms with Crippen molar-refractivity contribution in [2.75, 3.05) is 11.9 Å². The molecule has 1 aromatic rings. The number of esters is 2. The average Bonchev–Trinajstić information content (AvgIpc) is 3.20. The summed E-state index contributed by atoms with van der Waals surface area (Å²) in [6.45, 7) is -0.465. The van der Waals surface area contributed by atoms with Crippen LogP contribution < -0.4 is 5.32 Å². The number of fused-ring (bicyclic) bond motifs is 1. The predicted octanol–water partition coefficient (Wildman–Crippen LogP) is 3.05. The third kappa shape index (κ3) is 2.90. The van der Waals surface area contributed by atoms with Gasteiger partial charge in [0, 0.05) is 10.9 Å². The van der Waals surface area contributed by atoms with Crippen molar-refractivity contribution in [1.29, 1.82) is 0 Å². The Hall–Kier alpha value is -1.31. The molecule has 9 heteroatoms. The Morgan fingerprint density at radius 3 is 2.85 bits per heavy atom. The van der Waals surface area contributed by atoms with Gasteiger partial charge in [-0.25, -0.2) is 0 Å². The maximum Gasteiger partial charge on any atom is 0.310 e. The number of carbonyl (C=O) groups is 3. The number of halogens is 3. The molecule has 4 rings (SSSR count). The topological polar surface area (TPSA) is 81.7 Å². The van der Waals surface area contributed by atoms with Gasteiger partial charge in [0.1, 0.15) is 6.10 Å². The molecule has 1 aromatic carbocycles. The van der Waals surface area contributed by atoms with Gasteiger partial charge in [-0.1, -0.05) is 39.1 Å². The van der Waals surface area contributed by atoms with E-state index < -0.39 is 30.3 Å². The van der Waals surface area contributed by atoms with E-state index in [1.807, 2.05) is 0 Å². The van der Waals surface area contributed by atoms with Crippen LogP contribution in [0, 0.1) is 23.7 Å². The highest BCUT2D eigenvalue weighted by atomic mass is 79.9. The lowest BCUT2D eigenvalue weighted by molar-refractivity contribution is -0.157. The highest BCUT2D eigenvalue weighted by molar-refractivity contribution is 9.09. The fourth-order valence-electron chi connectivity index (χ4n) is 4.31. The minimum Gasteiger partial charge on any atom is -0.461 e. The van der Waals surface area contributed by atoms with E-state index in [-0.39, 0.29) is 28.7 Å². The number of hydrogen-bond acceptors (Lipinski definition) is 5. The summed E-state index contributed by atoms with van der Waals surface area (Å²) in [4.78, 5) is 36.6. The molecule has 0 radical (unpaired) electrons. The van der Waals surface area contributed by atoms with Crippen LogP contribution in [0.2, 0.25) is 10.0 Å². The molecule has 1 amide bonds. The molecule has 26 heavy (non-hydrogen) atoms. The molecule has 1 N–H and O–H groups in total. The maximum atomic E-state index is 12.5. The first-order valence-corrected chi connectivity index (χ1v) is 9.80. The highest BCUT2D eigenvalue weighted by Crippen LogP contribution is 2.60. The van der Waals surface area contributed by atoms with Crippen LogP contribution in [0.5, 0.6) is 0 Å². The highest BCUT2D eigenvalue weighted by Gasteiger charge is 2.68. The lowest BCUT2D eigenvalue weighted by Crippen LogP contribution is -2.39. The Balaban J connectivity index is 1.38. The van der Waals surface area contributed by atoms with E-state index in [9.17, 15) is 14.4 Å². The summed E-state index contributed by atoms with van der Waals surface area (Å²) in [6.07, 6.45) is 0.593. The molecule has 6 atom stereocenters. The third-order valence-electron chi connectivity index (χ3n) is 5.34. The summed E-state index contributed by atoms with van der Waals surface area (Å²) in [7, 11) is 0. The largest absolute Gasteiger partial charge is 0.461 e. The van der Waals surface area contributed by atoms with Gasteiger partial charge < -0.3 is 14.8 Å². The van der Waals surface area contributed by atoms with E-state index in [0.29, 0.717) is 15.7 Å². The quantitative estimate of drug-likeness (QED) is 0.549. The zero-order chi connectivity index (χ0) is 18.6. The molecule has 138 valence electrons. The van der Waals surface area contributed by atoms with Gasteiger partial charge in [0.15, 0.2) is 6.61 Å². The first-order chi connectivity index (χ1) is 12.4. The molecule has 0 unspecified atom stereocenters. The number of amides is 1. The Morgan fingerprint density at radius 2 is 2.08 bits per heavy atom. The summed E-state index contributed by atoms with van der Waals surface area (Å²) in [5.41, 5.74) is 0.336. The molecule has 0 aromatic heterocycles. The van der Waals surface area contributed by atoms with E-state index in [1.165, 1.54) is 6.07 Å². The van der Waals surface area contributed by atoms with Gasteiger partial charge in [-0.15, -0.1) is 0 Å². The molecular weight excluding hydrogens is 449 g/mol. The number of nitrogens with one attached hydrogen (secondary N) is 1. The van der Waals surface area contributed by atoms with Crippen molar-refractivity contribution in [3.05, 3.63) is 28.2 Å². The van der Waals surface area contributed by atoms with Crippen LogP contribution in [0.3, 0.4) is 0 Å². The lowest BCUT2D eigenvalue weighted by atomic mass is 9.80. The van der Waals surface area contributed by atoms with Crippen LogP contribution in [0.1, 0.15) is 6.42 Å². The fraction of sp³-hybridized carbons (Fsp3) is 0.471.